The van der Waals surface area contributed by atoms with Gasteiger partial charge in [0.25, 0.3) is 0 Å². The first kappa shape index (κ1) is 11.5. The van der Waals surface area contributed by atoms with Gasteiger partial charge in [-0.15, -0.1) is 0 Å². The summed E-state index contributed by atoms with van der Waals surface area (Å²) in [6.07, 6.45) is 3.58. The number of rotatable bonds is 2. The molecule has 2 aromatic rings. The third-order valence-corrected chi connectivity index (χ3v) is 3.98. The Morgan fingerprint density at radius 1 is 1.28 bits per heavy atom. The highest BCUT2D eigenvalue weighted by molar-refractivity contribution is 5.76. The monoisotopic (exact) mass is 245 g/mol. The maximum atomic E-state index is 11.9. The molecule has 18 heavy (non-hydrogen) atoms. The van der Waals surface area contributed by atoms with Gasteiger partial charge in [-0.3, -0.25) is 9.13 Å². The van der Waals surface area contributed by atoms with Crippen LogP contribution in [-0.4, -0.2) is 21.7 Å². The molecule has 2 heterocycles. The van der Waals surface area contributed by atoms with Gasteiger partial charge < -0.3 is 5.32 Å². The molecule has 1 saturated heterocycles. The first-order chi connectivity index (χ1) is 8.66. The number of benzene rings is 1. The molecule has 0 aliphatic carbocycles. The van der Waals surface area contributed by atoms with Crippen LogP contribution in [0, 0.1) is 0 Å². The van der Waals surface area contributed by atoms with E-state index in [9.17, 15) is 4.79 Å². The maximum Gasteiger partial charge on any atom is 0.328 e. The number of hydrogen-bond acceptors (Lipinski definition) is 2. The summed E-state index contributed by atoms with van der Waals surface area (Å²) in [5.74, 6) is 0. The average Bonchev–Trinajstić information content (AvgIpc) is 2.95. The Kier molecular flexibility index (Phi) is 2.74. The van der Waals surface area contributed by atoms with E-state index in [1.807, 2.05) is 14.1 Å². The van der Waals surface area contributed by atoms with Crippen LogP contribution in [0.1, 0.15) is 18.4 Å². The highest BCUT2D eigenvalue weighted by atomic mass is 16.1. The molecule has 0 saturated carbocycles. The zero-order valence-electron chi connectivity index (χ0n) is 10.9. The molecule has 3 rings (SSSR count). The lowest BCUT2D eigenvalue weighted by Crippen LogP contribution is -2.23. The van der Waals surface area contributed by atoms with E-state index < -0.39 is 0 Å². The summed E-state index contributed by atoms with van der Waals surface area (Å²) in [6.45, 7) is 1.14. The molecule has 1 aromatic heterocycles. The second-order valence-corrected chi connectivity index (χ2v) is 5.22. The van der Waals surface area contributed by atoms with Crippen LogP contribution in [0.4, 0.5) is 0 Å². The maximum absolute atomic E-state index is 11.9. The highest BCUT2D eigenvalue weighted by Crippen LogP contribution is 2.17. The predicted octanol–water partition coefficient (Wildman–Crippen LogP) is 1.17. The van der Waals surface area contributed by atoms with E-state index in [0.717, 1.165) is 24.0 Å². The lowest BCUT2D eigenvalue weighted by molar-refractivity contribution is 0.603. The molecule has 1 N–H and O–H groups in total. The molecule has 0 bridgehead atoms. The Morgan fingerprint density at radius 3 is 2.78 bits per heavy atom. The Morgan fingerprint density at radius 2 is 2.06 bits per heavy atom. The van der Waals surface area contributed by atoms with Crippen LogP contribution in [0.2, 0.25) is 0 Å². The molecule has 1 aliphatic rings. The van der Waals surface area contributed by atoms with Crippen LogP contribution in [0.5, 0.6) is 0 Å². The smallest absolute Gasteiger partial charge is 0.314 e. The number of imidazole rings is 1. The SMILES string of the molecule is Cn1c(=O)n(C)c2cc(CC3CCCN3)ccc21. The van der Waals surface area contributed by atoms with E-state index >= 15 is 0 Å². The molecule has 4 heteroatoms. The van der Waals surface area contributed by atoms with Crippen molar-refractivity contribution in [1.82, 2.24) is 14.5 Å². The van der Waals surface area contributed by atoms with Crippen LogP contribution in [0.15, 0.2) is 23.0 Å². The zero-order chi connectivity index (χ0) is 12.7. The van der Waals surface area contributed by atoms with Crippen molar-refractivity contribution in [3.63, 3.8) is 0 Å². The van der Waals surface area contributed by atoms with E-state index in [4.69, 9.17) is 0 Å². The fraction of sp³-hybridized carbons (Fsp3) is 0.500. The fourth-order valence-corrected chi connectivity index (χ4v) is 2.89. The van der Waals surface area contributed by atoms with Gasteiger partial charge in [0, 0.05) is 20.1 Å². The minimum Gasteiger partial charge on any atom is -0.314 e. The van der Waals surface area contributed by atoms with E-state index in [1.54, 1.807) is 9.13 Å². The number of nitrogens with zero attached hydrogens (tertiary/aromatic N) is 2. The molecule has 96 valence electrons. The second kappa shape index (κ2) is 4.28. The summed E-state index contributed by atoms with van der Waals surface area (Å²) in [5.41, 5.74) is 3.38. The lowest BCUT2D eigenvalue weighted by Gasteiger charge is -2.10. The van der Waals surface area contributed by atoms with E-state index in [2.05, 4.69) is 23.5 Å². The van der Waals surface area contributed by atoms with Gasteiger partial charge in [-0.25, -0.2) is 4.79 Å². The van der Waals surface area contributed by atoms with Crippen molar-refractivity contribution >= 4 is 11.0 Å². The molecule has 4 nitrogen and oxygen atoms in total. The van der Waals surface area contributed by atoms with Gasteiger partial charge in [-0.05, 0) is 43.5 Å². The van der Waals surface area contributed by atoms with Crippen LogP contribution >= 0.6 is 0 Å². The van der Waals surface area contributed by atoms with Crippen molar-refractivity contribution in [2.45, 2.75) is 25.3 Å². The third kappa shape index (κ3) is 1.77. The number of hydrogen-bond donors (Lipinski definition) is 1. The average molecular weight is 245 g/mol. The number of aryl methyl sites for hydroxylation is 2. The van der Waals surface area contributed by atoms with Crippen LogP contribution < -0.4 is 11.0 Å². The van der Waals surface area contributed by atoms with E-state index in [1.165, 1.54) is 18.4 Å². The molecule has 1 aromatic carbocycles. The van der Waals surface area contributed by atoms with Gasteiger partial charge in [-0.2, -0.15) is 0 Å². The van der Waals surface area contributed by atoms with Crippen LogP contribution in [0.3, 0.4) is 0 Å². The number of aromatic nitrogens is 2. The molecular formula is C14H19N3O. The second-order valence-electron chi connectivity index (χ2n) is 5.22. The molecule has 0 spiro atoms. The highest BCUT2D eigenvalue weighted by Gasteiger charge is 2.15. The Hall–Kier alpha value is -1.55. The summed E-state index contributed by atoms with van der Waals surface area (Å²) in [6, 6.07) is 6.95. The van der Waals surface area contributed by atoms with E-state index in [0.29, 0.717) is 6.04 Å². The molecule has 1 fully saturated rings. The number of nitrogens with one attached hydrogen (secondary N) is 1. The first-order valence-corrected chi connectivity index (χ1v) is 6.54. The topological polar surface area (TPSA) is 39.0 Å². The minimum absolute atomic E-state index is 0.0427. The summed E-state index contributed by atoms with van der Waals surface area (Å²) < 4.78 is 3.42. The normalized spacial score (nSPS) is 19.8. The molecule has 0 radical (unpaired) electrons. The van der Waals surface area contributed by atoms with Crippen LogP contribution in [0.25, 0.3) is 11.0 Å². The Balaban J connectivity index is 2.00. The van der Waals surface area contributed by atoms with Gasteiger partial charge in [0.15, 0.2) is 0 Å². The first-order valence-electron chi connectivity index (χ1n) is 6.54. The molecule has 0 amide bonds. The van der Waals surface area contributed by atoms with Gasteiger partial charge >= 0.3 is 5.69 Å². The number of fused-ring (bicyclic) bond motifs is 1. The minimum atomic E-state index is 0.0427. The van der Waals surface area contributed by atoms with Crippen molar-refractivity contribution in [2.24, 2.45) is 14.1 Å². The molecule has 1 atom stereocenters. The summed E-state index contributed by atoms with van der Waals surface area (Å²) in [7, 11) is 3.66. The third-order valence-electron chi connectivity index (χ3n) is 3.98. The lowest BCUT2D eigenvalue weighted by atomic mass is 10.0. The van der Waals surface area contributed by atoms with Crippen molar-refractivity contribution in [3.8, 4) is 0 Å². The van der Waals surface area contributed by atoms with Gasteiger partial charge in [-0.1, -0.05) is 6.07 Å². The van der Waals surface area contributed by atoms with Crippen LogP contribution in [-0.2, 0) is 20.5 Å². The van der Waals surface area contributed by atoms with Crippen molar-refractivity contribution in [3.05, 3.63) is 34.2 Å². The zero-order valence-corrected chi connectivity index (χ0v) is 10.9. The van der Waals surface area contributed by atoms with Crippen molar-refractivity contribution in [1.29, 1.82) is 0 Å². The van der Waals surface area contributed by atoms with E-state index in [-0.39, 0.29) is 5.69 Å². The van der Waals surface area contributed by atoms with Gasteiger partial charge in [0.05, 0.1) is 11.0 Å². The van der Waals surface area contributed by atoms with Crippen molar-refractivity contribution < 1.29 is 0 Å². The summed E-state index contributed by atoms with van der Waals surface area (Å²) in [4.78, 5) is 11.9. The largest absolute Gasteiger partial charge is 0.328 e. The van der Waals surface area contributed by atoms with Crippen molar-refractivity contribution in [2.75, 3.05) is 6.54 Å². The predicted molar refractivity (Wildman–Crippen MR) is 72.9 cm³/mol. The summed E-state index contributed by atoms with van der Waals surface area (Å²) in [5, 5.41) is 3.51. The van der Waals surface area contributed by atoms with Gasteiger partial charge in [0.2, 0.25) is 0 Å². The summed E-state index contributed by atoms with van der Waals surface area (Å²) >= 11 is 0. The Bertz CT molecular complexity index is 632. The fourth-order valence-electron chi connectivity index (χ4n) is 2.89. The molecule has 1 unspecified atom stereocenters. The quantitative estimate of drug-likeness (QED) is 0.862. The molecular weight excluding hydrogens is 226 g/mol. The van der Waals surface area contributed by atoms with Gasteiger partial charge in [0.1, 0.15) is 0 Å². The standard InChI is InChI=1S/C14H19N3O/c1-16-12-6-5-10(8-11-4-3-7-15-11)9-13(12)17(2)14(16)18/h5-6,9,11,15H,3-4,7-8H2,1-2H3. The Labute approximate surface area is 106 Å². The molecule has 1 aliphatic heterocycles.